The number of para-hydroxylation sites is 1. The number of carbonyl (C=O) groups is 1. The van der Waals surface area contributed by atoms with Gasteiger partial charge in [0.25, 0.3) is 5.56 Å². The Morgan fingerprint density at radius 2 is 1.77 bits per heavy atom. The van der Waals surface area contributed by atoms with Gasteiger partial charge in [-0.05, 0) is 50.5 Å². The molecule has 2 aromatic heterocycles. The Labute approximate surface area is 207 Å². The minimum atomic E-state index is -0.592. The molecule has 1 fully saturated rings. The van der Waals surface area contributed by atoms with E-state index in [-0.39, 0.29) is 12.1 Å². The lowest BCUT2D eigenvalue weighted by atomic mass is 10.1. The summed E-state index contributed by atoms with van der Waals surface area (Å²) >= 11 is 1.43. The third-order valence-corrected chi connectivity index (χ3v) is 7.06. The van der Waals surface area contributed by atoms with Crippen LogP contribution in [0.5, 0.6) is 0 Å². The fourth-order valence-corrected chi connectivity index (χ4v) is 5.24. The molecule has 2 aromatic carbocycles. The number of piperidine rings is 1. The molecule has 0 unspecified atom stereocenters. The molecular weight excluding hydrogens is 462 g/mol. The largest absolute Gasteiger partial charge is 0.368 e. The van der Waals surface area contributed by atoms with Crippen molar-refractivity contribution in [2.24, 2.45) is 5.73 Å². The molecule has 0 aliphatic carbocycles. The van der Waals surface area contributed by atoms with Crippen LogP contribution in [0, 0.1) is 6.92 Å². The van der Waals surface area contributed by atoms with Crippen LogP contribution in [-0.2, 0) is 17.1 Å². The zero-order valence-electron chi connectivity index (χ0n) is 19.6. The predicted molar refractivity (Wildman–Crippen MR) is 137 cm³/mol. The van der Waals surface area contributed by atoms with Gasteiger partial charge in [-0.25, -0.2) is 4.98 Å². The predicted octanol–water partition coefficient (Wildman–Crippen LogP) is 3.05. The number of nitrogens with two attached hydrogens (primary N) is 1. The van der Waals surface area contributed by atoms with Crippen molar-refractivity contribution in [1.82, 2.24) is 24.3 Å². The van der Waals surface area contributed by atoms with Gasteiger partial charge < -0.3 is 10.6 Å². The van der Waals surface area contributed by atoms with Crippen LogP contribution >= 0.6 is 11.8 Å². The molecule has 0 saturated carbocycles. The lowest BCUT2D eigenvalue weighted by Crippen LogP contribution is -2.32. The Balaban J connectivity index is 1.53. The van der Waals surface area contributed by atoms with Gasteiger partial charge in [0.1, 0.15) is 12.4 Å². The van der Waals surface area contributed by atoms with Gasteiger partial charge in [0.15, 0.2) is 5.16 Å². The smallest absolute Gasteiger partial charge is 0.261 e. The molecule has 3 heterocycles. The molecule has 1 aliphatic rings. The number of fused-ring (bicyclic) bond motifs is 1. The number of aromatic nitrogens is 5. The quantitative estimate of drug-likeness (QED) is 0.397. The minimum absolute atomic E-state index is 0.226. The number of nitrogens with zero attached hydrogens (tertiary/aromatic N) is 6. The fraction of sp³-hybridized carbons (Fsp3) is 0.320. The molecule has 10 heteroatoms. The summed E-state index contributed by atoms with van der Waals surface area (Å²) in [5.74, 6) is 1.02. The first-order chi connectivity index (χ1) is 17.0. The number of thioether (sulfide) groups is 1. The van der Waals surface area contributed by atoms with Gasteiger partial charge in [-0.15, -0.1) is 10.2 Å². The van der Waals surface area contributed by atoms with Crippen LogP contribution in [0.3, 0.4) is 0 Å². The van der Waals surface area contributed by atoms with Crippen LogP contribution < -0.4 is 16.2 Å². The normalized spacial score (nSPS) is 13.9. The molecule has 180 valence electrons. The summed E-state index contributed by atoms with van der Waals surface area (Å²) < 4.78 is 3.42. The molecule has 0 bridgehead atoms. The molecule has 5 rings (SSSR count). The standard InChI is InChI=1S/C25H27N7O2S/c1-17-9-11-18(12-10-17)32-24(30-13-5-2-6-14-30)28-29-25(32)35-16-22-27-20-8-4-3-7-19(20)23(34)31(22)15-21(26)33/h3-4,7-12H,2,5-6,13-16H2,1H3,(H2,26,33). The maximum absolute atomic E-state index is 13.1. The first kappa shape index (κ1) is 23.1. The monoisotopic (exact) mass is 489 g/mol. The van der Waals surface area contributed by atoms with E-state index in [9.17, 15) is 9.59 Å². The van der Waals surface area contributed by atoms with E-state index in [1.54, 1.807) is 18.2 Å². The number of benzene rings is 2. The molecule has 0 atom stereocenters. The van der Waals surface area contributed by atoms with E-state index < -0.39 is 5.91 Å². The molecule has 4 aromatic rings. The van der Waals surface area contributed by atoms with Crippen molar-refractivity contribution in [3.05, 3.63) is 70.3 Å². The Morgan fingerprint density at radius 3 is 2.51 bits per heavy atom. The number of rotatable bonds is 7. The van der Waals surface area contributed by atoms with Crippen LogP contribution in [0.1, 0.15) is 30.7 Å². The van der Waals surface area contributed by atoms with Gasteiger partial charge in [-0.3, -0.25) is 18.7 Å². The summed E-state index contributed by atoms with van der Waals surface area (Å²) in [6, 6.07) is 15.4. The van der Waals surface area contributed by atoms with E-state index in [2.05, 4.69) is 55.8 Å². The SMILES string of the molecule is Cc1ccc(-n2c(SCc3nc4ccccc4c(=O)n3CC(N)=O)nnc2N2CCCCC2)cc1. The second-order valence-electron chi connectivity index (χ2n) is 8.69. The number of amides is 1. The summed E-state index contributed by atoms with van der Waals surface area (Å²) in [6.45, 7) is 3.72. The summed E-state index contributed by atoms with van der Waals surface area (Å²) in [6.07, 6.45) is 3.48. The van der Waals surface area contributed by atoms with E-state index in [0.717, 1.165) is 37.6 Å². The second-order valence-corrected chi connectivity index (χ2v) is 9.64. The Hall–Kier alpha value is -3.66. The number of primary amides is 1. The Kier molecular flexibility index (Phi) is 6.54. The molecule has 0 spiro atoms. The van der Waals surface area contributed by atoms with Crippen molar-refractivity contribution >= 4 is 34.5 Å². The topological polar surface area (TPSA) is 112 Å². The lowest BCUT2D eigenvalue weighted by molar-refractivity contribution is -0.118. The van der Waals surface area contributed by atoms with Gasteiger partial charge in [-0.1, -0.05) is 41.6 Å². The van der Waals surface area contributed by atoms with Crippen LogP contribution in [0.2, 0.25) is 0 Å². The van der Waals surface area contributed by atoms with E-state index in [4.69, 9.17) is 5.73 Å². The number of hydrogen-bond donors (Lipinski definition) is 1. The van der Waals surface area contributed by atoms with Crippen molar-refractivity contribution < 1.29 is 4.79 Å². The van der Waals surface area contributed by atoms with Gasteiger partial charge in [0.05, 0.1) is 22.3 Å². The molecule has 1 amide bonds. The first-order valence-corrected chi connectivity index (χ1v) is 12.7. The van der Waals surface area contributed by atoms with Crippen molar-refractivity contribution in [3.63, 3.8) is 0 Å². The maximum atomic E-state index is 13.1. The Morgan fingerprint density at radius 1 is 1.03 bits per heavy atom. The highest BCUT2D eigenvalue weighted by Crippen LogP contribution is 2.30. The number of hydrogen-bond acceptors (Lipinski definition) is 7. The highest BCUT2D eigenvalue weighted by Gasteiger charge is 2.22. The zero-order chi connectivity index (χ0) is 24.4. The fourth-order valence-electron chi connectivity index (χ4n) is 4.35. The summed E-state index contributed by atoms with van der Waals surface area (Å²) in [5.41, 5.74) is 7.90. The van der Waals surface area contributed by atoms with Gasteiger partial charge in [-0.2, -0.15) is 0 Å². The lowest BCUT2D eigenvalue weighted by Gasteiger charge is -2.27. The number of carbonyl (C=O) groups excluding carboxylic acids is 1. The second kappa shape index (κ2) is 9.91. The molecule has 0 radical (unpaired) electrons. The third-order valence-electron chi connectivity index (χ3n) is 6.13. The van der Waals surface area contributed by atoms with Gasteiger partial charge in [0, 0.05) is 13.1 Å². The van der Waals surface area contributed by atoms with Crippen LogP contribution in [-0.4, -0.2) is 43.3 Å². The summed E-state index contributed by atoms with van der Waals surface area (Å²) in [4.78, 5) is 31.8. The zero-order valence-corrected chi connectivity index (χ0v) is 20.4. The van der Waals surface area contributed by atoms with Crippen molar-refractivity contribution in [3.8, 4) is 5.69 Å². The van der Waals surface area contributed by atoms with E-state index in [1.807, 2.05) is 6.07 Å². The van der Waals surface area contributed by atoms with E-state index in [1.165, 1.54) is 28.3 Å². The third kappa shape index (κ3) is 4.79. The van der Waals surface area contributed by atoms with E-state index in [0.29, 0.717) is 27.6 Å². The van der Waals surface area contributed by atoms with Crippen LogP contribution in [0.4, 0.5) is 5.95 Å². The Bertz CT molecular complexity index is 1420. The van der Waals surface area contributed by atoms with Gasteiger partial charge >= 0.3 is 0 Å². The summed E-state index contributed by atoms with van der Waals surface area (Å²) in [5, 5.41) is 10.2. The highest BCUT2D eigenvalue weighted by molar-refractivity contribution is 7.98. The van der Waals surface area contributed by atoms with Gasteiger partial charge in [0.2, 0.25) is 11.9 Å². The molecular formula is C25H27N7O2S. The molecule has 35 heavy (non-hydrogen) atoms. The van der Waals surface area contributed by atoms with Crippen LogP contribution in [0.25, 0.3) is 16.6 Å². The highest BCUT2D eigenvalue weighted by atomic mass is 32.2. The number of anilines is 1. The van der Waals surface area contributed by atoms with Crippen molar-refractivity contribution in [2.45, 2.75) is 43.6 Å². The van der Waals surface area contributed by atoms with Crippen LogP contribution in [0.15, 0.2) is 58.5 Å². The van der Waals surface area contributed by atoms with E-state index >= 15 is 0 Å². The molecule has 9 nitrogen and oxygen atoms in total. The average molecular weight is 490 g/mol. The average Bonchev–Trinajstić information content (AvgIpc) is 3.29. The molecule has 2 N–H and O–H groups in total. The van der Waals surface area contributed by atoms with Crippen molar-refractivity contribution in [1.29, 1.82) is 0 Å². The molecule has 1 aliphatic heterocycles. The maximum Gasteiger partial charge on any atom is 0.261 e. The summed E-state index contributed by atoms with van der Waals surface area (Å²) in [7, 11) is 0. The minimum Gasteiger partial charge on any atom is -0.368 e. The van der Waals surface area contributed by atoms with Crippen molar-refractivity contribution in [2.75, 3.05) is 18.0 Å². The molecule has 1 saturated heterocycles. The first-order valence-electron chi connectivity index (χ1n) is 11.7. The number of aryl methyl sites for hydroxylation is 1.